The number of hydrogen-bond donors (Lipinski definition) is 2. The van der Waals surface area contributed by atoms with E-state index < -0.39 is 0 Å². The number of nitrogens with one attached hydrogen (secondary N) is 1. The molecule has 0 aliphatic rings. The Bertz CT molecular complexity index is 316. The van der Waals surface area contributed by atoms with Crippen LogP contribution in [0.1, 0.15) is 19.5 Å². The monoisotopic (exact) mass is 183 g/mol. The number of nitrogen functional groups attached to an aromatic ring is 1. The molecular formula is C8H13N3S. The summed E-state index contributed by atoms with van der Waals surface area (Å²) in [4.78, 5) is 6.88. The Morgan fingerprint density at radius 3 is 2.83 bits per heavy atom. The Kier molecular flexibility index (Phi) is 2.81. The van der Waals surface area contributed by atoms with E-state index in [-0.39, 0.29) is 0 Å². The quantitative estimate of drug-likeness (QED) is 0.689. The molecule has 0 atom stereocenters. The summed E-state index contributed by atoms with van der Waals surface area (Å²) in [6.45, 7) is 4.29. The zero-order chi connectivity index (χ0) is 9.14. The highest BCUT2D eigenvalue weighted by molar-refractivity contribution is 7.71. The molecule has 0 radical (unpaired) electrons. The van der Waals surface area contributed by atoms with Gasteiger partial charge in [0.25, 0.3) is 0 Å². The summed E-state index contributed by atoms with van der Waals surface area (Å²) in [5, 5.41) is 0. The number of hydrogen-bond acceptors (Lipinski definition) is 3. The molecule has 4 heteroatoms. The van der Waals surface area contributed by atoms with Crippen LogP contribution in [0.2, 0.25) is 0 Å². The minimum atomic E-state index is 0.464. The molecule has 1 aromatic heterocycles. The van der Waals surface area contributed by atoms with Gasteiger partial charge in [-0.05, 0) is 30.6 Å². The van der Waals surface area contributed by atoms with Gasteiger partial charge in [0.2, 0.25) is 0 Å². The van der Waals surface area contributed by atoms with Gasteiger partial charge in [-0.15, -0.1) is 0 Å². The molecule has 0 saturated carbocycles. The molecule has 1 aromatic rings. The molecule has 0 aliphatic heterocycles. The van der Waals surface area contributed by atoms with Gasteiger partial charge in [-0.3, -0.25) is 0 Å². The average Bonchev–Trinajstić information content (AvgIpc) is 1.81. The summed E-state index contributed by atoms with van der Waals surface area (Å²) in [6, 6.07) is 1.83. The number of anilines is 1. The second-order valence-corrected chi connectivity index (χ2v) is 3.62. The average molecular weight is 183 g/mol. The van der Waals surface area contributed by atoms with E-state index in [1.54, 1.807) is 0 Å². The third kappa shape index (κ3) is 2.62. The van der Waals surface area contributed by atoms with E-state index in [4.69, 9.17) is 18.0 Å². The van der Waals surface area contributed by atoms with E-state index >= 15 is 0 Å². The third-order valence-corrected chi connectivity index (χ3v) is 1.64. The van der Waals surface area contributed by atoms with Crippen molar-refractivity contribution in [2.45, 2.75) is 20.3 Å². The molecule has 3 N–H and O–H groups in total. The maximum atomic E-state index is 5.54. The van der Waals surface area contributed by atoms with Crippen LogP contribution in [0.5, 0.6) is 0 Å². The van der Waals surface area contributed by atoms with Crippen molar-refractivity contribution in [1.29, 1.82) is 0 Å². The van der Waals surface area contributed by atoms with E-state index in [2.05, 4.69) is 23.8 Å². The Morgan fingerprint density at radius 1 is 1.67 bits per heavy atom. The highest BCUT2D eigenvalue weighted by atomic mass is 32.1. The van der Waals surface area contributed by atoms with Crippen LogP contribution in [0.25, 0.3) is 0 Å². The van der Waals surface area contributed by atoms with Crippen molar-refractivity contribution in [2.24, 2.45) is 5.92 Å². The number of aromatic amines is 1. The molecule has 0 spiro atoms. The van der Waals surface area contributed by atoms with Crippen molar-refractivity contribution in [3.8, 4) is 0 Å². The lowest BCUT2D eigenvalue weighted by Gasteiger charge is -2.04. The second-order valence-electron chi connectivity index (χ2n) is 3.23. The summed E-state index contributed by atoms with van der Waals surface area (Å²) in [5.41, 5.74) is 6.60. The normalized spacial score (nSPS) is 10.6. The molecule has 66 valence electrons. The number of aromatic nitrogens is 2. The fourth-order valence-electron chi connectivity index (χ4n) is 1.08. The van der Waals surface area contributed by atoms with E-state index in [0.29, 0.717) is 16.5 Å². The largest absolute Gasteiger partial charge is 0.384 e. The SMILES string of the molecule is CC(C)Cc1cc(N)nc(=S)[nH]1. The molecule has 0 aliphatic carbocycles. The van der Waals surface area contributed by atoms with Gasteiger partial charge in [-0.2, -0.15) is 0 Å². The predicted molar refractivity (Wildman–Crippen MR) is 52.4 cm³/mol. The number of nitrogens with zero attached hydrogens (tertiary/aromatic N) is 1. The fraction of sp³-hybridized carbons (Fsp3) is 0.500. The van der Waals surface area contributed by atoms with Gasteiger partial charge >= 0.3 is 0 Å². The van der Waals surface area contributed by atoms with Crippen LogP contribution in [0, 0.1) is 10.7 Å². The van der Waals surface area contributed by atoms with E-state index in [1.807, 2.05) is 6.07 Å². The summed E-state index contributed by atoms with van der Waals surface area (Å²) in [6.07, 6.45) is 0.955. The van der Waals surface area contributed by atoms with E-state index in [9.17, 15) is 0 Å². The van der Waals surface area contributed by atoms with Crippen molar-refractivity contribution >= 4 is 18.0 Å². The number of nitrogens with two attached hydrogens (primary N) is 1. The molecule has 0 fully saturated rings. The van der Waals surface area contributed by atoms with Crippen molar-refractivity contribution in [3.05, 3.63) is 16.5 Å². The van der Waals surface area contributed by atoms with Gasteiger partial charge in [-0.25, -0.2) is 4.98 Å². The molecule has 0 unspecified atom stereocenters. The Balaban J connectivity index is 2.93. The summed E-state index contributed by atoms with van der Waals surface area (Å²) in [7, 11) is 0. The molecule has 0 amide bonds. The molecule has 1 heterocycles. The number of rotatable bonds is 2. The van der Waals surface area contributed by atoms with Crippen LogP contribution < -0.4 is 5.73 Å². The van der Waals surface area contributed by atoms with Gasteiger partial charge in [-0.1, -0.05) is 13.8 Å². The van der Waals surface area contributed by atoms with Gasteiger partial charge in [0.15, 0.2) is 4.77 Å². The van der Waals surface area contributed by atoms with E-state index in [0.717, 1.165) is 12.1 Å². The molecule has 0 bridgehead atoms. The molecular weight excluding hydrogens is 170 g/mol. The van der Waals surface area contributed by atoms with Crippen LogP contribution in [-0.2, 0) is 6.42 Å². The highest BCUT2D eigenvalue weighted by Gasteiger charge is 1.99. The van der Waals surface area contributed by atoms with Crippen molar-refractivity contribution in [2.75, 3.05) is 5.73 Å². The van der Waals surface area contributed by atoms with Crippen molar-refractivity contribution in [3.63, 3.8) is 0 Å². The van der Waals surface area contributed by atoms with Crippen LogP contribution in [0.15, 0.2) is 6.07 Å². The first-order valence-electron chi connectivity index (χ1n) is 3.93. The smallest absolute Gasteiger partial charge is 0.198 e. The standard InChI is InChI=1S/C8H13N3S/c1-5(2)3-6-4-7(9)11-8(12)10-6/h4-5H,3H2,1-2H3,(H3,9,10,11,12). The van der Waals surface area contributed by atoms with E-state index in [1.165, 1.54) is 0 Å². The topological polar surface area (TPSA) is 54.7 Å². The summed E-state index contributed by atoms with van der Waals surface area (Å²) < 4.78 is 0.464. The summed E-state index contributed by atoms with van der Waals surface area (Å²) >= 11 is 4.89. The minimum absolute atomic E-state index is 0.464. The minimum Gasteiger partial charge on any atom is -0.384 e. The van der Waals surface area contributed by atoms with Crippen molar-refractivity contribution in [1.82, 2.24) is 9.97 Å². The highest BCUT2D eigenvalue weighted by Crippen LogP contribution is 2.06. The van der Waals surface area contributed by atoms with Gasteiger partial charge < -0.3 is 10.7 Å². The fourth-order valence-corrected chi connectivity index (χ4v) is 1.32. The van der Waals surface area contributed by atoms with Crippen molar-refractivity contribution < 1.29 is 0 Å². The first kappa shape index (κ1) is 9.19. The Morgan fingerprint density at radius 2 is 2.33 bits per heavy atom. The zero-order valence-corrected chi connectivity index (χ0v) is 8.11. The number of H-pyrrole nitrogens is 1. The third-order valence-electron chi connectivity index (χ3n) is 1.45. The molecule has 12 heavy (non-hydrogen) atoms. The van der Waals surface area contributed by atoms with Crippen LogP contribution >= 0.6 is 12.2 Å². The van der Waals surface area contributed by atoms with Gasteiger partial charge in [0, 0.05) is 5.69 Å². The predicted octanol–water partition coefficient (Wildman–Crippen LogP) is 1.92. The Hall–Kier alpha value is -0.900. The van der Waals surface area contributed by atoms with Gasteiger partial charge in [0.05, 0.1) is 0 Å². The van der Waals surface area contributed by atoms with Crippen LogP contribution in [-0.4, -0.2) is 9.97 Å². The van der Waals surface area contributed by atoms with Crippen LogP contribution in [0.3, 0.4) is 0 Å². The maximum absolute atomic E-state index is 5.54. The van der Waals surface area contributed by atoms with Gasteiger partial charge in [0.1, 0.15) is 5.82 Å². The second kappa shape index (κ2) is 3.67. The first-order valence-corrected chi connectivity index (χ1v) is 4.34. The summed E-state index contributed by atoms with van der Waals surface area (Å²) in [5.74, 6) is 1.09. The molecule has 1 rings (SSSR count). The molecule has 0 saturated heterocycles. The Labute approximate surface area is 77.0 Å². The lowest BCUT2D eigenvalue weighted by molar-refractivity contribution is 0.633. The molecule has 3 nitrogen and oxygen atoms in total. The lowest BCUT2D eigenvalue weighted by atomic mass is 10.1. The van der Waals surface area contributed by atoms with Crippen LogP contribution in [0.4, 0.5) is 5.82 Å². The molecule has 0 aromatic carbocycles. The maximum Gasteiger partial charge on any atom is 0.198 e. The lowest BCUT2D eigenvalue weighted by Crippen LogP contribution is -2.01. The zero-order valence-electron chi connectivity index (χ0n) is 7.29. The first-order chi connectivity index (χ1) is 5.58.